The van der Waals surface area contributed by atoms with Crippen LogP contribution in [0.3, 0.4) is 0 Å². The molecule has 0 saturated heterocycles. The van der Waals surface area contributed by atoms with Crippen LogP contribution in [-0.4, -0.2) is 25.5 Å². The summed E-state index contributed by atoms with van der Waals surface area (Å²) >= 11 is 2.79. The van der Waals surface area contributed by atoms with Gasteiger partial charge in [-0.15, -0.1) is 0 Å². The predicted octanol–water partition coefficient (Wildman–Crippen LogP) is 3.84. The van der Waals surface area contributed by atoms with Crippen molar-refractivity contribution in [2.45, 2.75) is 12.7 Å². The number of hydrogen-bond donors (Lipinski definition) is 1. The Kier molecular flexibility index (Phi) is 5.05. The normalized spacial score (nSPS) is 11.6. The van der Waals surface area contributed by atoms with Gasteiger partial charge in [0.15, 0.2) is 5.69 Å². The minimum atomic E-state index is -4.69. The number of nitrogens with zero attached hydrogens (tertiary/aromatic N) is 4. The van der Waals surface area contributed by atoms with Crippen LogP contribution in [0.4, 0.5) is 23.2 Å². The third kappa shape index (κ3) is 4.18. The molecule has 1 aromatic carbocycles. The Morgan fingerprint density at radius 2 is 2.07 bits per heavy atom. The van der Waals surface area contributed by atoms with E-state index in [1.165, 1.54) is 36.3 Å². The largest absolute Gasteiger partial charge is 0.436 e. The molecule has 1 amide bonds. The minimum Gasteiger partial charge on any atom is -0.318 e. The lowest BCUT2D eigenvalue weighted by molar-refractivity contribution is -0.142. The Balaban J connectivity index is 1.76. The minimum absolute atomic E-state index is 0.265. The molecule has 3 aromatic rings. The van der Waals surface area contributed by atoms with Gasteiger partial charge in [-0.25, -0.2) is 4.39 Å². The smallest absolute Gasteiger partial charge is 0.318 e. The van der Waals surface area contributed by atoms with Gasteiger partial charge in [0, 0.05) is 13.2 Å². The van der Waals surface area contributed by atoms with Gasteiger partial charge in [0.2, 0.25) is 0 Å². The van der Waals surface area contributed by atoms with E-state index in [0.29, 0.717) is 5.56 Å². The van der Waals surface area contributed by atoms with E-state index in [-0.39, 0.29) is 23.7 Å². The molecular weight excluding hydrogens is 434 g/mol. The molecule has 0 spiro atoms. The monoisotopic (exact) mass is 445 g/mol. The molecule has 2 heterocycles. The highest BCUT2D eigenvalue weighted by Gasteiger charge is 2.39. The number of carbonyl (C=O) groups is 1. The summed E-state index contributed by atoms with van der Waals surface area (Å²) in [6.07, 6.45) is -1.87. The maximum atomic E-state index is 13.2. The number of halogens is 5. The van der Waals surface area contributed by atoms with E-state index in [9.17, 15) is 22.4 Å². The van der Waals surface area contributed by atoms with Crippen LogP contribution in [0, 0.1) is 5.82 Å². The van der Waals surface area contributed by atoms with Crippen LogP contribution in [0.1, 0.15) is 21.7 Å². The fourth-order valence-corrected chi connectivity index (χ4v) is 3.19. The van der Waals surface area contributed by atoms with Gasteiger partial charge in [0.25, 0.3) is 5.91 Å². The van der Waals surface area contributed by atoms with Crippen LogP contribution >= 0.6 is 15.9 Å². The number of anilines is 1. The molecule has 27 heavy (non-hydrogen) atoms. The fraction of sp³-hybridized carbons (Fsp3) is 0.188. The molecule has 0 aliphatic heterocycles. The molecule has 0 bridgehead atoms. The zero-order valence-corrected chi connectivity index (χ0v) is 15.3. The van der Waals surface area contributed by atoms with Crippen molar-refractivity contribution in [3.63, 3.8) is 0 Å². The molecule has 1 N–H and O–H groups in total. The Labute approximate surface area is 158 Å². The third-order valence-electron chi connectivity index (χ3n) is 3.60. The van der Waals surface area contributed by atoms with Crippen molar-refractivity contribution in [3.05, 3.63) is 63.9 Å². The van der Waals surface area contributed by atoms with Gasteiger partial charge in [0.05, 0.1) is 22.9 Å². The molecule has 0 saturated carbocycles. The van der Waals surface area contributed by atoms with Crippen molar-refractivity contribution < 1.29 is 22.4 Å². The highest BCUT2D eigenvalue weighted by Crippen LogP contribution is 2.35. The Hall–Kier alpha value is -2.69. The summed E-state index contributed by atoms with van der Waals surface area (Å²) in [6.45, 7) is 0.265. The van der Waals surface area contributed by atoms with E-state index in [4.69, 9.17) is 0 Å². The molecule has 0 atom stereocenters. The van der Waals surface area contributed by atoms with Crippen LogP contribution in [0.5, 0.6) is 0 Å². The van der Waals surface area contributed by atoms with E-state index >= 15 is 0 Å². The molecule has 0 unspecified atom stereocenters. The number of rotatable bonds is 4. The maximum Gasteiger partial charge on any atom is 0.436 e. The number of amides is 1. The Bertz CT molecular complexity index is 995. The summed E-state index contributed by atoms with van der Waals surface area (Å²) in [4.78, 5) is 12.4. The quantitative estimate of drug-likeness (QED) is 0.620. The second-order valence-corrected chi connectivity index (χ2v) is 6.44. The highest BCUT2D eigenvalue weighted by atomic mass is 79.9. The van der Waals surface area contributed by atoms with Gasteiger partial charge in [-0.05, 0) is 33.6 Å². The topological polar surface area (TPSA) is 64.7 Å². The SMILES string of the molecule is Cn1nc(C(F)(F)F)c(Br)c1C(=O)Nc1cnn(Cc2cccc(F)c2)c1. The fourth-order valence-electron chi connectivity index (χ4n) is 2.45. The standard InChI is InChI=1S/C16H12BrF4N5O/c1-25-13(12(17)14(24-25)16(19,20)21)15(27)23-11-6-22-26(8-11)7-9-3-2-4-10(18)5-9/h2-6,8H,7H2,1H3,(H,23,27). The number of carbonyl (C=O) groups excluding carboxylic acids is 1. The number of alkyl halides is 3. The van der Waals surface area contributed by atoms with Gasteiger partial charge < -0.3 is 5.32 Å². The summed E-state index contributed by atoms with van der Waals surface area (Å²) in [7, 11) is 1.24. The van der Waals surface area contributed by atoms with E-state index in [1.807, 2.05) is 0 Å². The van der Waals surface area contributed by atoms with Crippen LogP contribution in [0.15, 0.2) is 41.1 Å². The number of aromatic nitrogens is 4. The van der Waals surface area contributed by atoms with E-state index in [0.717, 1.165) is 4.68 Å². The van der Waals surface area contributed by atoms with Crippen LogP contribution < -0.4 is 5.32 Å². The van der Waals surface area contributed by atoms with Crippen molar-refractivity contribution in [1.29, 1.82) is 0 Å². The van der Waals surface area contributed by atoms with Gasteiger partial charge in [-0.3, -0.25) is 14.2 Å². The molecule has 0 fully saturated rings. The van der Waals surface area contributed by atoms with Crippen molar-refractivity contribution in [3.8, 4) is 0 Å². The van der Waals surface area contributed by atoms with E-state index in [2.05, 4.69) is 31.4 Å². The Morgan fingerprint density at radius 1 is 1.33 bits per heavy atom. The molecule has 142 valence electrons. The van der Waals surface area contributed by atoms with Crippen molar-refractivity contribution in [1.82, 2.24) is 19.6 Å². The zero-order chi connectivity index (χ0) is 19.8. The molecule has 2 aromatic heterocycles. The number of hydrogen-bond acceptors (Lipinski definition) is 3. The molecule has 6 nitrogen and oxygen atoms in total. The van der Waals surface area contributed by atoms with Crippen LogP contribution in [0.2, 0.25) is 0 Å². The molecular formula is C16H12BrF4N5O. The average molecular weight is 446 g/mol. The number of nitrogens with one attached hydrogen (secondary N) is 1. The molecule has 0 aliphatic carbocycles. The lowest BCUT2D eigenvalue weighted by Crippen LogP contribution is -2.16. The van der Waals surface area contributed by atoms with Crippen molar-refractivity contribution >= 4 is 27.5 Å². The van der Waals surface area contributed by atoms with Crippen LogP contribution in [-0.2, 0) is 19.8 Å². The first-order chi connectivity index (χ1) is 12.6. The molecule has 3 rings (SSSR count). The molecule has 11 heteroatoms. The summed E-state index contributed by atoms with van der Waals surface area (Å²) in [5, 5.41) is 9.85. The molecule has 0 aliphatic rings. The number of aryl methyl sites for hydroxylation is 1. The van der Waals surface area contributed by atoms with Crippen LogP contribution in [0.25, 0.3) is 0 Å². The van der Waals surface area contributed by atoms with Gasteiger partial charge in [-0.2, -0.15) is 23.4 Å². The van der Waals surface area contributed by atoms with Crippen molar-refractivity contribution in [2.24, 2.45) is 7.05 Å². The van der Waals surface area contributed by atoms with Gasteiger partial charge >= 0.3 is 6.18 Å². The first-order valence-electron chi connectivity index (χ1n) is 7.53. The summed E-state index contributed by atoms with van der Waals surface area (Å²) in [5.41, 5.74) is -0.518. The Morgan fingerprint density at radius 3 is 2.70 bits per heavy atom. The summed E-state index contributed by atoms with van der Waals surface area (Å²) < 4.78 is 53.8. The lowest BCUT2D eigenvalue weighted by Gasteiger charge is -2.04. The predicted molar refractivity (Wildman–Crippen MR) is 91.6 cm³/mol. The van der Waals surface area contributed by atoms with Gasteiger partial charge in [0.1, 0.15) is 11.5 Å². The highest BCUT2D eigenvalue weighted by molar-refractivity contribution is 9.10. The van der Waals surface area contributed by atoms with Crippen molar-refractivity contribution in [2.75, 3.05) is 5.32 Å². The maximum absolute atomic E-state index is 13.2. The lowest BCUT2D eigenvalue weighted by atomic mass is 10.2. The first-order valence-corrected chi connectivity index (χ1v) is 8.32. The molecule has 0 radical (unpaired) electrons. The second-order valence-electron chi connectivity index (χ2n) is 5.64. The van der Waals surface area contributed by atoms with E-state index in [1.54, 1.807) is 12.1 Å². The third-order valence-corrected chi connectivity index (χ3v) is 4.35. The average Bonchev–Trinajstić information content (AvgIpc) is 3.10. The first kappa shape index (κ1) is 19.1. The number of benzene rings is 1. The van der Waals surface area contributed by atoms with E-state index < -0.39 is 22.3 Å². The summed E-state index contributed by atoms with van der Waals surface area (Å²) in [5.74, 6) is -1.16. The summed E-state index contributed by atoms with van der Waals surface area (Å²) in [6, 6.07) is 5.95. The second kappa shape index (κ2) is 7.14. The van der Waals surface area contributed by atoms with Gasteiger partial charge in [-0.1, -0.05) is 12.1 Å². The zero-order valence-electron chi connectivity index (χ0n) is 13.8.